The van der Waals surface area contributed by atoms with Crippen LogP contribution in [0.2, 0.25) is 0 Å². The highest BCUT2D eigenvalue weighted by atomic mass is 16.6. The smallest absolute Gasteiger partial charge is 0.306 e. The average Bonchev–Trinajstić information content (AvgIpc) is 2.55. The molecule has 1 aliphatic rings. The number of esters is 1. The molecule has 1 aromatic carbocycles. The number of hydrogen-bond acceptors (Lipinski definition) is 5. The van der Waals surface area contributed by atoms with Crippen LogP contribution in [0.1, 0.15) is 44.6 Å². The van der Waals surface area contributed by atoms with E-state index in [2.05, 4.69) is 31.1 Å². The van der Waals surface area contributed by atoms with Gasteiger partial charge in [0.25, 0.3) is 0 Å². The lowest BCUT2D eigenvalue weighted by Crippen LogP contribution is -2.49. The van der Waals surface area contributed by atoms with Crippen LogP contribution in [-0.2, 0) is 15.1 Å². The van der Waals surface area contributed by atoms with Crippen molar-refractivity contribution in [1.29, 1.82) is 0 Å². The largest absolute Gasteiger partial charge is 0.466 e. The number of hydrogen-bond donors (Lipinski definition) is 0. The highest BCUT2D eigenvalue weighted by molar-refractivity contribution is 5.70. The van der Waals surface area contributed by atoms with Gasteiger partial charge in [0, 0.05) is 15.9 Å². The SMILES string of the molecule is CCOC(=O)CC1(C[N+](=O)[O-])CCC(c2ccccc2)(N(C)C)CC1. The second kappa shape index (κ2) is 7.95. The molecule has 0 spiro atoms. The van der Waals surface area contributed by atoms with E-state index < -0.39 is 5.41 Å². The molecule has 0 heterocycles. The summed E-state index contributed by atoms with van der Waals surface area (Å²) in [6, 6.07) is 10.3. The van der Waals surface area contributed by atoms with E-state index in [9.17, 15) is 14.9 Å². The van der Waals surface area contributed by atoms with Crippen molar-refractivity contribution in [1.82, 2.24) is 4.90 Å². The molecule has 1 aromatic rings. The summed E-state index contributed by atoms with van der Waals surface area (Å²) in [5, 5.41) is 11.2. The zero-order valence-electron chi connectivity index (χ0n) is 15.4. The maximum atomic E-state index is 12.0. The zero-order valence-corrected chi connectivity index (χ0v) is 15.4. The molecule has 138 valence electrons. The van der Waals surface area contributed by atoms with Gasteiger partial charge in [0.1, 0.15) is 0 Å². The monoisotopic (exact) mass is 348 g/mol. The van der Waals surface area contributed by atoms with Gasteiger partial charge in [-0.1, -0.05) is 30.3 Å². The molecule has 0 N–H and O–H groups in total. The fourth-order valence-electron chi connectivity index (χ4n) is 4.12. The molecular formula is C19H28N2O4. The van der Waals surface area contributed by atoms with Crippen LogP contribution in [0.3, 0.4) is 0 Å². The zero-order chi connectivity index (χ0) is 18.5. The van der Waals surface area contributed by atoms with Gasteiger partial charge in [-0.05, 0) is 52.3 Å². The van der Waals surface area contributed by atoms with Gasteiger partial charge in [0.2, 0.25) is 6.54 Å². The number of carbonyl (C=O) groups excluding carboxylic acids is 1. The summed E-state index contributed by atoms with van der Waals surface area (Å²) in [5.74, 6) is -0.332. The lowest BCUT2D eigenvalue weighted by atomic mass is 9.63. The molecule has 6 heteroatoms. The summed E-state index contributed by atoms with van der Waals surface area (Å²) in [7, 11) is 4.11. The van der Waals surface area contributed by atoms with Gasteiger partial charge in [-0.3, -0.25) is 19.8 Å². The second-order valence-corrected chi connectivity index (χ2v) is 7.26. The molecule has 0 unspecified atom stereocenters. The van der Waals surface area contributed by atoms with Crippen LogP contribution in [0.5, 0.6) is 0 Å². The Bertz CT molecular complexity index is 593. The number of carbonyl (C=O) groups is 1. The van der Waals surface area contributed by atoms with E-state index >= 15 is 0 Å². The van der Waals surface area contributed by atoms with Gasteiger partial charge in [-0.2, -0.15) is 0 Å². The predicted molar refractivity (Wildman–Crippen MR) is 95.8 cm³/mol. The van der Waals surface area contributed by atoms with Crippen LogP contribution in [0, 0.1) is 15.5 Å². The van der Waals surface area contributed by atoms with Crippen LogP contribution in [0.15, 0.2) is 30.3 Å². The molecule has 0 bridgehead atoms. The Balaban J connectivity index is 2.24. The second-order valence-electron chi connectivity index (χ2n) is 7.26. The number of rotatable bonds is 7. The number of nitro groups is 1. The number of ether oxygens (including phenoxy) is 1. The van der Waals surface area contributed by atoms with E-state index in [0.29, 0.717) is 19.4 Å². The molecule has 0 aromatic heterocycles. The van der Waals surface area contributed by atoms with E-state index in [-0.39, 0.29) is 29.4 Å². The molecule has 1 saturated carbocycles. The first kappa shape index (κ1) is 19.4. The van der Waals surface area contributed by atoms with Crippen LogP contribution >= 0.6 is 0 Å². The average molecular weight is 348 g/mol. The van der Waals surface area contributed by atoms with Crippen molar-refractivity contribution in [3.8, 4) is 0 Å². The van der Waals surface area contributed by atoms with Crippen molar-refractivity contribution in [2.75, 3.05) is 27.2 Å². The van der Waals surface area contributed by atoms with Crippen LogP contribution in [0.25, 0.3) is 0 Å². The molecular weight excluding hydrogens is 320 g/mol. The first-order valence-electron chi connectivity index (χ1n) is 8.84. The molecule has 0 radical (unpaired) electrons. The topological polar surface area (TPSA) is 72.7 Å². The van der Waals surface area contributed by atoms with E-state index in [4.69, 9.17) is 4.74 Å². The van der Waals surface area contributed by atoms with Gasteiger partial charge in [-0.15, -0.1) is 0 Å². The van der Waals surface area contributed by atoms with Crippen LogP contribution in [-0.4, -0.2) is 43.0 Å². The maximum Gasteiger partial charge on any atom is 0.306 e. The Kier molecular flexibility index (Phi) is 6.16. The van der Waals surface area contributed by atoms with Crippen molar-refractivity contribution < 1.29 is 14.5 Å². The summed E-state index contributed by atoms with van der Waals surface area (Å²) in [5.41, 5.74) is 0.478. The Morgan fingerprint density at radius 1 is 1.20 bits per heavy atom. The van der Waals surface area contributed by atoms with Gasteiger partial charge >= 0.3 is 5.97 Å². The Labute approximate surface area is 149 Å². The number of nitrogens with zero attached hydrogens (tertiary/aromatic N) is 2. The fourth-order valence-corrected chi connectivity index (χ4v) is 4.12. The van der Waals surface area contributed by atoms with Crippen molar-refractivity contribution in [3.05, 3.63) is 46.0 Å². The summed E-state index contributed by atoms with van der Waals surface area (Å²) in [6.45, 7) is 1.88. The molecule has 0 atom stereocenters. The highest BCUT2D eigenvalue weighted by Crippen LogP contribution is 2.49. The first-order valence-corrected chi connectivity index (χ1v) is 8.84. The number of benzene rings is 1. The van der Waals surface area contributed by atoms with Crippen molar-refractivity contribution in [3.63, 3.8) is 0 Å². The fraction of sp³-hybridized carbons (Fsp3) is 0.632. The molecule has 6 nitrogen and oxygen atoms in total. The summed E-state index contributed by atoms with van der Waals surface area (Å²) >= 11 is 0. The van der Waals surface area contributed by atoms with Crippen LogP contribution < -0.4 is 0 Å². The molecule has 0 aliphatic heterocycles. The molecule has 2 rings (SSSR count). The van der Waals surface area contributed by atoms with E-state index in [1.165, 1.54) is 5.56 Å². The third kappa shape index (κ3) is 4.37. The first-order chi connectivity index (χ1) is 11.8. The van der Waals surface area contributed by atoms with Crippen molar-refractivity contribution in [2.45, 2.75) is 44.6 Å². The Morgan fingerprint density at radius 2 is 1.80 bits per heavy atom. The quantitative estimate of drug-likeness (QED) is 0.430. The molecule has 0 amide bonds. The van der Waals surface area contributed by atoms with Gasteiger partial charge in [-0.25, -0.2) is 0 Å². The molecule has 1 fully saturated rings. The van der Waals surface area contributed by atoms with Crippen molar-refractivity contribution in [2.24, 2.45) is 5.41 Å². The normalized spacial score (nSPS) is 26.4. The Hall–Kier alpha value is -1.95. The lowest BCUT2D eigenvalue weighted by molar-refractivity contribution is -0.499. The highest BCUT2D eigenvalue weighted by Gasteiger charge is 2.48. The van der Waals surface area contributed by atoms with E-state index in [0.717, 1.165) is 12.8 Å². The standard InChI is InChI=1S/C19H28N2O4/c1-4-25-17(22)14-18(15-21(23)24)10-12-19(13-11-18,20(2)3)16-8-6-5-7-9-16/h5-9H,4,10-15H2,1-3H3. The third-order valence-corrected chi connectivity index (χ3v) is 5.59. The van der Waals surface area contributed by atoms with E-state index in [1.807, 2.05) is 18.2 Å². The lowest BCUT2D eigenvalue weighted by Gasteiger charge is -2.48. The van der Waals surface area contributed by atoms with Crippen molar-refractivity contribution >= 4 is 5.97 Å². The maximum absolute atomic E-state index is 12.0. The Morgan fingerprint density at radius 3 is 2.28 bits per heavy atom. The summed E-state index contributed by atoms with van der Waals surface area (Å²) in [4.78, 5) is 25.2. The summed E-state index contributed by atoms with van der Waals surface area (Å²) in [6.07, 6.45) is 2.98. The third-order valence-electron chi connectivity index (χ3n) is 5.59. The van der Waals surface area contributed by atoms with E-state index in [1.54, 1.807) is 6.92 Å². The van der Waals surface area contributed by atoms with Gasteiger partial charge in [0.05, 0.1) is 13.0 Å². The molecule has 0 saturated heterocycles. The van der Waals surface area contributed by atoms with Gasteiger partial charge < -0.3 is 4.74 Å². The molecule has 25 heavy (non-hydrogen) atoms. The predicted octanol–water partition coefficient (Wildman–Crippen LogP) is 3.23. The minimum Gasteiger partial charge on any atom is -0.466 e. The minimum atomic E-state index is -0.607. The molecule has 1 aliphatic carbocycles. The van der Waals surface area contributed by atoms with Gasteiger partial charge in [0.15, 0.2) is 0 Å². The summed E-state index contributed by atoms with van der Waals surface area (Å²) < 4.78 is 5.06. The minimum absolute atomic E-state index is 0.125. The van der Waals surface area contributed by atoms with Crippen LogP contribution in [0.4, 0.5) is 0 Å².